The van der Waals surface area contributed by atoms with Gasteiger partial charge in [-0.15, -0.1) is 0 Å². The molecule has 7 heteroatoms. The zero-order valence-electron chi connectivity index (χ0n) is 15.7. The molecule has 144 valence electrons. The Morgan fingerprint density at radius 1 is 1.25 bits per heavy atom. The summed E-state index contributed by atoms with van der Waals surface area (Å²) in [5.74, 6) is 0.601. The van der Waals surface area contributed by atoms with Crippen LogP contribution in [-0.4, -0.2) is 24.1 Å². The van der Waals surface area contributed by atoms with E-state index in [4.69, 9.17) is 32.7 Å². The van der Waals surface area contributed by atoms with E-state index in [0.29, 0.717) is 29.4 Å². The van der Waals surface area contributed by atoms with Gasteiger partial charge in [0, 0.05) is 5.69 Å². The first-order valence-corrected chi connectivity index (χ1v) is 9.01. The molecule has 6 nitrogen and oxygen atoms in total. The standard InChI is InChI=1S/C21H21N3O3S/c1-3-26-19-11-15(10-16(12-22)21(23)28)7-8-18(19)27-13-20(25)24-17-6-4-5-14(2)9-17/h4-11H,3,13H2,1-2H3,(H2,23,28)(H,24,25). The molecule has 0 saturated heterocycles. The summed E-state index contributed by atoms with van der Waals surface area (Å²) in [6.45, 7) is 4.04. The lowest BCUT2D eigenvalue weighted by atomic mass is 10.1. The summed E-state index contributed by atoms with van der Waals surface area (Å²) in [5, 5.41) is 11.9. The quantitative estimate of drug-likeness (QED) is 0.403. The molecule has 0 saturated carbocycles. The van der Waals surface area contributed by atoms with Gasteiger partial charge in [-0.3, -0.25) is 4.79 Å². The molecule has 2 aromatic rings. The minimum absolute atomic E-state index is 0.0219. The third-order valence-corrected chi connectivity index (χ3v) is 3.85. The topological polar surface area (TPSA) is 97.4 Å². The Kier molecular flexibility index (Phi) is 7.55. The third kappa shape index (κ3) is 6.11. The number of thiocarbonyl (C=S) groups is 1. The van der Waals surface area contributed by atoms with Crippen LogP contribution in [0.15, 0.2) is 48.0 Å². The number of ether oxygens (including phenoxy) is 2. The lowest BCUT2D eigenvalue weighted by Crippen LogP contribution is -2.20. The van der Waals surface area contributed by atoms with Crippen LogP contribution in [-0.2, 0) is 4.79 Å². The van der Waals surface area contributed by atoms with Gasteiger partial charge in [-0.25, -0.2) is 0 Å². The van der Waals surface area contributed by atoms with Gasteiger partial charge in [-0.1, -0.05) is 30.4 Å². The highest BCUT2D eigenvalue weighted by Gasteiger charge is 2.10. The predicted octanol–water partition coefficient (Wildman–Crippen LogP) is 3.60. The summed E-state index contributed by atoms with van der Waals surface area (Å²) >= 11 is 4.84. The van der Waals surface area contributed by atoms with Crippen LogP contribution in [0.5, 0.6) is 11.5 Å². The number of nitrogens with two attached hydrogens (primary N) is 1. The molecule has 0 aromatic heterocycles. The van der Waals surface area contributed by atoms with Crippen molar-refractivity contribution in [2.45, 2.75) is 13.8 Å². The fourth-order valence-corrected chi connectivity index (χ4v) is 2.49. The Balaban J connectivity index is 2.11. The number of carbonyl (C=O) groups is 1. The SMILES string of the molecule is CCOc1cc(C=C(C#N)C(N)=S)ccc1OCC(=O)Nc1cccc(C)c1. The van der Waals surface area contributed by atoms with E-state index < -0.39 is 0 Å². The second-order valence-corrected chi connectivity index (χ2v) is 6.32. The molecule has 0 aliphatic rings. The second kappa shape index (κ2) is 10.1. The highest BCUT2D eigenvalue weighted by atomic mass is 32.1. The van der Waals surface area contributed by atoms with Crippen molar-refractivity contribution < 1.29 is 14.3 Å². The van der Waals surface area contributed by atoms with Crippen molar-refractivity contribution in [2.24, 2.45) is 5.73 Å². The summed E-state index contributed by atoms with van der Waals surface area (Å²) in [6.07, 6.45) is 1.57. The van der Waals surface area contributed by atoms with Crippen LogP contribution in [0.2, 0.25) is 0 Å². The number of anilines is 1. The monoisotopic (exact) mass is 395 g/mol. The van der Waals surface area contributed by atoms with Crippen molar-refractivity contribution in [1.29, 1.82) is 5.26 Å². The van der Waals surface area contributed by atoms with Crippen molar-refractivity contribution in [2.75, 3.05) is 18.5 Å². The largest absolute Gasteiger partial charge is 0.490 e. The van der Waals surface area contributed by atoms with Crippen molar-refractivity contribution >= 4 is 34.9 Å². The van der Waals surface area contributed by atoms with Crippen molar-refractivity contribution in [3.63, 3.8) is 0 Å². The van der Waals surface area contributed by atoms with Crippen molar-refractivity contribution in [3.8, 4) is 17.6 Å². The van der Waals surface area contributed by atoms with Crippen LogP contribution >= 0.6 is 12.2 Å². The van der Waals surface area contributed by atoms with E-state index in [9.17, 15) is 4.79 Å². The minimum atomic E-state index is -0.280. The molecule has 0 heterocycles. The number of hydrogen-bond acceptors (Lipinski definition) is 5. The van der Waals surface area contributed by atoms with Gasteiger partial charge in [-0.05, 0) is 55.3 Å². The average molecular weight is 395 g/mol. The highest BCUT2D eigenvalue weighted by molar-refractivity contribution is 7.80. The molecule has 0 aliphatic heterocycles. The van der Waals surface area contributed by atoms with Gasteiger partial charge in [0.05, 0.1) is 12.2 Å². The van der Waals surface area contributed by atoms with Gasteiger partial charge >= 0.3 is 0 Å². The Bertz CT molecular complexity index is 948. The van der Waals surface area contributed by atoms with E-state index in [2.05, 4.69) is 5.32 Å². The molecule has 0 radical (unpaired) electrons. The number of benzene rings is 2. The first-order valence-electron chi connectivity index (χ1n) is 8.60. The normalized spacial score (nSPS) is 10.7. The minimum Gasteiger partial charge on any atom is -0.490 e. The molecule has 0 aliphatic carbocycles. The van der Waals surface area contributed by atoms with Crippen LogP contribution in [0.1, 0.15) is 18.1 Å². The zero-order valence-corrected chi connectivity index (χ0v) is 16.5. The molecular weight excluding hydrogens is 374 g/mol. The summed E-state index contributed by atoms with van der Waals surface area (Å²) in [5.41, 5.74) is 8.16. The van der Waals surface area contributed by atoms with Crippen LogP contribution in [0, 0.1) is 18.3 Å². The Hall–Kier alpha value is -3.37. The molecule has 2 rings (SSSR count). The molecule has 2 aromatic carbocycles. The molecule has 0 spiro atoms. The fourth-order valence-electron chi connectivity index (χ4n) is 2.39. The maximum absolute atomic E-state index is 12.1. The lowest BCUT2D eigenvalue weighted by molar-refractivity contribution is -0.118. The third-order valence-electron chi connectivity index (χ3n) is 3.63. The summed E-state index contributed by atoms with van der Waals surface area (Å²) in [4.78, 5) is 12.2. The maximum atomic E-state index is 12.1. The Morgan fingerprint density at radius 2 is 2.04 bits per heavy atom. The van der Waals surface area contributed by atoms with Crippen LogP contribution in [0.25, 0.3) is 6.08 Å². The van der Waals surface area contributed by atoms with E-state index in [-0.39, 0.29) is 23.1 Å². The van der Waals surface area contributed by atoms with Crippen molar-refractivity contribution in [3.05, 3.63) is 59.2 Å². The number of hydrogen-bond donors (Lipinski definition) is 2. The molecule has 1 amide bonds. The van der Waals surface area contributed by atoms with E-state index in [1.54, 1.807) is 24.3 Å². The predicted molar refractivity (Wildman–Crippen MR) is 113 cm³/mol. The van der Waals surface area contributed by atoms with Gasteiger partial charge in [-0.2, -0.15) is 5.26 Å². The number of amides is 1. The van der Waals surface area contributed by atoms with Crippen LogP contribution in [0.3, 0.4) is 0 Å². The number of aryl methyl sites for hydroxylation is 1. The smallest absolute Gasteiger partial charge is 0.262 e. The highest BCUT2D eigenvalue weighted by Crippen LogP contribution is 2.29. The average Bonchev–Trinajstić information content (AvgIpc) is 2.65. The molecule has 3 N–H and O–H groups in total. The molecule has 0 bridgehead atoms. The first-order chi connectivity index (χ1) is 13.4. The van der Waals surface area contributed by atoms with E-state index in [0.717, 1.165) is 5.56 Å². The zero-order chi connectivity index (χ0) is 20.5. The molecule has 0 fully saturated rings. The molecular formula is C21H21N3O3S. The van der Waals surface area contributed by atoms with Crippen LogP contribution < -0.4 is 20.5 Å². The summed E-state index contributed by atoms with van der Waals surface area (Å²) in [7, 11) is 0. The summed E-state index contributed by atoms with van der Waals surface area (Å²) in [6, 6.07) is 14.6. The Morgan fingerprint density at radius 3 is 2.68 bits per heavy atom. The Labute approximate surface area is 169 Å². The van der Waals surface area contributed by atoms with Gasteiger partial charge in [0.1, 0.15) is 11.1 Å². The fraction of sp³-hybridized carbons (Fsp3) is 0.190. The maximum Gasteiger partial charge on any atom is 0.262 e. The van der Waals surface area contributed by atoms with E-state index in [1.807, 2.05) is 44.2 Å². The van der Waals surface area contributed by atoms with E-state index in [1.165, 1.54) is 0 Å². The van der Waals surface area contributed by atoms with Crippen molar-refractivity contribution in [1.82, 2.24) is 0 Å². The second-order valence-electron chi connectivity index (χ2n) is 5.88. The number of nitrogens with one attached hydrogen (secondary N) is 1. The number of rotatable bonds is 8. The first kappa shape index (κ1) is 20.9. The van der Waals surface area contributed by atoms with Gasteiger partial charge in [0.25, 0.3) is 5.91 Å². The summed E-state index contributed by atoms with van der Waals surface area (Å²) < 4.78 is 11.2. The van der Waals surface area contributed by atoms with Gasteiger partial charge in [0.15, 0.2) is 18.1 Å². The van der Waals surface area contributed by atoms with Crippen LogP contribution in [0.4, 0.5) is 5.69 Å². The van der Waals surface area contributed by atoms with Gasteiger partial charge < -0.3 is 20.5 Å². The number of nitriles is 1. The molecule has 28 heavy (non-hydrogen) atoms. The molecule has 0 unspecified atom stereocenters. The molecule has 0 atom stereocenters. The van der Waals surface area contributed by atoms with Gasteiger partial charge in [0.2, 0.25) is 0 Å². The number of nitrogens with zero attached hydrogens (tertiary/aromatic N) is 1. The lowest BCUT2D eigenvalue weighted by Gasteiger charge is -2.13. The number of carbonyl (C=O) groups excluding carboxylic acids is 1. The van der Waals surface area contributed by atoms with E-state index >= 15 is 0 Å².